The van der Waals surface area contributed by atoms with Gasteiger partial charge in [-0.1, -0.05) is 60.7 Å². The molecule has 7 heteroatoms. The van der Waals surface area contributed by atoms with Crippen molar-refractivity contribution >= 4 is 23.2 Å². The zero-order valence-electron chi connectivity index (χ0n) is 26.9. The molecule has 0 aliphatic carbocycles. The maximum atomic E-state index is 12.8. The van der Waals surface area contributed by atoms with Crippen molar-refractivity contribution < 1.29 is 23.8 Å². The number of ether oxygens (including phenoxy) is 3. The summed E-state index contributed by atoms with van der Waals surface area (Å²) in [6.07, 6.45) is 1.63. The zero-order chi connectivity index (χ0) is 33.7. The van der Waals surface area contributed by atoms with Crippen molar-refractivity contribution in [2.24, 2.45) is 0 Å². The van der Waals surface area contributed by atoms with Crippen molar-refractivity contribution in [3.63, 3.8) is 0 Å². The van der Waals surface area contributed by atoms with E-state index in [1.165, 1.54) is 11.1 Å². The van der Waals surface area contributed by atoms with E-state index in [9.17, 15) is 9.59 Å². The van der Waals surface area contributed by atoms with E-state index in [4.69, 9.17) is 14.2 Å². The van der Waals surface area contributed by atoms with E-state index >= 15 is 0 Å². The van der Waals surface area contributed by atoms with Crippen molar-refractivity contribution in [1.82, 2.24) is 0 Å². The van der Waals surface area contributed by atoms with Gasteiger partial charge in [0.15, 0.2) is 0 Å². The number of hydrogen-bond acceptors (Lipinski definition) is 5. The van der Waals surface area contributed by atoms with Crippen LogP contribution in [-0.2, 0) is 12.8 Å². The van der Waals surface area contributed by atoms with Gasteiger partial charge in [0.2, 0.25) is 0 Å². The molecule has 0 aliphatic rings. The summed E-state index contributed by atoms with van der Waals surface area (Å²) in [6, 6.07) is 48.8. The lowest BCUT2D eigenvalue weighted by atomic mass is 10.1. The maximum absolute atomic E-state index is 12.8. The number of carbonyl (C=O) groups excluding carboxylic acids is 2. The third-order valence-electron chi connectivity index (χ3n) is 7.70. The van der Waals surface area contributed by atoms with Gasteiger partial charge in [0.1, 0.15) is 23.0 Å². The fourth-order valence-electron chi connectivity index (χ4n) is 5.02. The van der Waals surface area contributed by atoms with Gasteiger partial charge < -0.3 is 24.8 Å². The van der Waals surface area contributed by atoms with Gasteiger partial charge in [0, 0.05) is 35.3 Å². The van der Waals surface area contributed by atoms with Crippen LogP contribution >= 0.6 is 0 Å². The number of amides is 2. The molecule has 0 fully saturated rings. The van der Waals surface area contributed by atoms with Crippen LogP contribution in [0, 0.1) is 0 Å². The minimum Gasteiger partial charge on any atom is -0.493 e. The van der Waals surface area contributed by atoms with E-state index in [0.29, 0.717) is 47.2 Å². The molecule has 0 saturated heterocycles. The topological polar surface area (TPSA) is 85.9 Å². The quantitative estimate of drug-likeness (QED) is 0.123. The summed E-state index contributed by atoms with van der Waals surface area (Å²) < 4.78 is 17.6. The Hall–Kier alpha value is -6.34. The van der Waals surface area contributed by atoms with E-state index in [0.717, 1.165) is 24.3 Å². The molecule has 49 heavy (non-hydrogen) atoms. The lowest BCUT2D eigenvalue weighted by Crippen LogP contribution is -2.11. The molecule has 2 N–H and O–H groups in total. The Morgan fingerprint density at radius 2 is 0.755 bits per heavy atom. The average molecular weight is 649 g/mol. The smallest absolute Gasteiger partial charge is 0.255 e. The Balaban J connectivity index is 0.929. The fourth-order valence-corrected chi connectivity index (χ4v) is 5.02. The van der Waals surface area contributed by atoms with Gasteiger partial charge in [-0.25, -0.2) is 0 Å². The Kier molecular flexibility index (Phi) is 11.0. The summed E-state index contributed by atoms with van der Waals surface area (Å²) in [5.41, 5.74) is 4.78. The van der Waals surface area contributed by atoms with E-state index < -0.39 is 0 Å². The molecule has 0 radical (unpaired) electrons. The second kappa shape index (κ2) is 16.5. The first-order valence-electron chi connectivity index (χ1n) is 16.1. The molecule has 6 aromatic rings. The lowest BCUT2D eigenvalue weighted by molar-refractivity contribution is 0.101. The number of rotatable bonds is 14. The van der Waals surface area contributed by atoms with E-state index in [-0.39, 0.29) is 11.8 Å². The van der Waals surface area contributed by atoms with Crippen LogP contribution in [0.4, 0.5) is 11.4 Å². The first kappa shape index (κ1) is 32.6. The van der Waals surface area contributed by atoms with Gasteiger partial charge in [-0.2, -0.15) is 0 Å². The van der Waals surface area contributed by atoms with Crippen LogP contribution in [0.15, 0.2) is 158 Å². The number of carbonyl (C=O) groups is 2. The lowest BCUT2D eigenvalue weighted by Gasteiger charge is -2.10. The molecule has 0 atom stereocenters. The van der Waals surface area contributed by atoms with Crippen LogP contribution in [0.3, 0.4) is 0 Å². The third-order valence-corrected chi connectivity index (χ3v) is 7.70. The molecule has 0 heterocycles. The summed E-state index contributed by atoms with van der Waals surface area (Å²) in [7, 11) is 0. The summed E-state index contributed by atoms with van der Waals surface area (Å²) in [4.78, 5) is 25.6. The van der Waals surface area contributed by atoms with Crippen molar-refractivity contribution in [3.8, 4) is 23.0 Å². The van der Waals surface area contributed by atoms with Crippen LogP contribution < -0.4 is 24.8 Å². The molecular weight excluding hydrogens is 612 g/mol. The number of hydrogen-bond donors (Lipinski definition) is 2. The summed E-state index contributed by atoms with van der Waals surface area (Å²) in [6.45, 7) is 1.12. The second-order valence-corrected chi connectivity index (χ2v) is 11.3. The standard InChI is InChI=1S/C42H36N2O5/c45-41(33-11-19-37(20-12-33)47-29-27-31-7-3-1-4-8-31)43-35-15-23-39(24-16-35)49-40-25-17-36(18-26-40)44-42(46)34-13-21-38(22-14-34)48-30-28-32-9-5-2-6-10-32/h1-26H,27-30H2,(H,43,45)(H,44,46). The Bertz CT molecular complexity index is 1780. The van der Waals surface area contributed by atoms with Crippen LogP contribution in [0.5, 0.6) is 23.0 Å². The predicted molar refractivity (Wildman–Crippen MR) is 193 cm³/mol. The molecule has 0 aromatic heterocycles. The molecule has 7 nitrogen and oxygen atoms in total. The molecule has 0 spiro atoms. The molecule has 0 aliphatic heterocycles. The third kappa shape index (κ3) is 9.83. The Morgan fingerprint density at radius 3 is 1.12 bits per heavy atom. The fraction of sp³-hybridized carbons (Fsp3) is 0.0952. The highest BCUT2D eigenvalue weighted by molar-refractivity contribution is 6.05. The van der Waals surface area contributed by atoms with Crippen molar-refractivity contribution in [3.05, 3.63) is 180 Å². The molecule has 0 unspecified atom stereocenters. The first-order valence-corrected chi connectivity index (χ1v) is 16.1. The predicted octanol–water partition coefficient (Wildman–Crippen LogP) is 9.23. The molecule has 244 valence electrons. The van der Waals surface area contributed by atoms with Gasteiger partial charge >= 0.3 is 0 Å². The molecular formula is C42H36N2O5. The highest BCUT2D eigenvalue weighted by Gasteiger charge is 2.09. The number of nitrogens with one attached hydrogen (secondary N) is 2. The SMILES string of the molecule is O=C(Nc1ccc(Oc2ccc(NC(=O)c3ccc(OCCc4ccccc4)cc3)cc2)cc1)c1ccc(OCCc2ccccc2)cc1. The largest absolute Gasteiger partial charge is 0.493 e. The van der Waals surface area contributed by atoms with Crippen molar-refractivity contribution in [1.29, 1.82) is 0 Å². The van der Waals surface area contributed by atoms with E-state index in [1.54, 1.807) is 97.1 Å². The average Bonchev–Trinajstić information content (AvgIpc) is 3.15. The number of benzene rings is 6. The minimum absolute atomic E-state index is 0.217. The van der Waals surface area contributed by atoms with Gasteiger partial charge in [0.25, 0.3) is 11.8 Å². The van der Waals surface area contributed by atoms with Crippen molar-refractivity contribution in [2.45, 2.75) is 12.8 Å². The molecule has 6 aromatic carbocycles. The summed E-state index contributed by atoms with van der Waals surface area (Å²) in [5, 5.41) is 5.82. The van der Waals surface area contributed by atoms with Crippen LogP contribution in [0.2, 0.25) is 0 Å². The minimum atomic E-state index is -0.217. The summed E-state index contributed by atoms with van der Waals surface area (Å²) >= 11 is 0. The number of anilines is 2. The van der Waals surface area contributed by atoms with E-state index in [2.05, 4.69) is 34.9 Å². The van der Waals surface area contributed by atoms with Gasteiger partial charge in [0.05, 0.1) is 13.2 Å². The Morgan fingerprint density at radius 1 is 0.408 bits per heavy atom. The monoisotopic (exact) mass is 648 g/mol. The molecule has 0 saturated carbocycles. The van der Waals surface area contributed by atoms with Crippen LogP contribution in [-0.4, -0.2) is 25.0 Å². The highest BCUT2D eigenvalue weighted by Crippen LogP contribution is 2.25. The highest BCUT2D eigenvalue weighted by atomic mass is 16.5. The molecule has 0 bridgehead atoms. The zero-order valence-corrected chi connectivity index (χ0v) is 26.9. The summed E-state index contributed by atoms with van der Waals surface area (Å²) in [5.74, 6) is 2.22. The van der Waals surface area contributed by atoms with Gasteiger partial charge in [-0.3, -0.25) is 9.59 Å². The molecule has 2 amide bonds. The maximum Gasteiger partial charge on any atom is 0.255 e. The van der Waals surface area contributed by atoms with Gasteiger partial charge in [-0.15, -0.1) is 0 Å². The molecule has 6 rings (SSSR count). The first-order chi connectivity index (χ1) is 24.1. The Labute approximate surface area is 286 Å². The van der Waals surface area contributed by atoms with E-state index in [1.807, 2.05) is 36.4 Å². The van der Waals surface area contributed by atoms with Crippen LogP contribution in [0.1, 0.15) is 31.8 Å². The van der Waals surface area contributed by atoms with Gasteiger partial charge in [-0.05, 0) is 108 Å². The normalized spacial score (nSPS) is 10.5. The van der Waals surface area contributed by atoms with Crippen molar-refractivity contribution in [2.75, 3.05) is 23.8 Å². The second-order valence-electron chi connectivity index (χ2n) is 11.3. The van der Waals surface area contributed by atoms with Crippen LogP contribution in [0.25, 0.3) is 0 Å².